The minimum Gasteiger partial charge on any atom is -0.321 e. The molecule has 0 atom stereocenters. The Balaban J connectivity index is 2.09. The number of aromatic amines is 1. The molecular weight excluding hydrogens is 316 g/mol. The van der Waals surface area contributed by atoms with Gasteiger partial charge in [0.25, 0.3) is 5.56 Å². The number of thiophene rings is 1. The zero-order chi connectivity index (χ0) is 16.9. The summed E-state index contributed by atoms with van der Waals surface area (Å²) in [6.07, 6.45) is 3.34. The lowest BCUT2D eigenvalue weighted by Crippen LogP contribution is -2.12. The lowest BCUT2D eigenvalue weighted by atomic mass is 10.0. The van der Waals surface area contributed by atoms with Gasteiger partial charge in [0.2, 0.25) is 0 Å². The number of unbranched alkanes of at least 4 members (excludes halogenated alkanes) is 1. The molecule has 0 aliphatic carbocycles. The van der Waals surface area contributed by atoms with Gasteiger partial charge in [-0.25, -0.2) is 0 Å². The molecule has 0 saturated carbocycles. The van der Waals surface area contributed by atoms with Crippen molar-refractivity contribution in [3.63, 3.8) is 0 Å². The molecule has 1 aromatic carbocycles. The number of hydrogen-bond acceptors (Lipinski definition) is 3. The van der Waals surface area contributed by atoms with E-state index in [0.717, 1.165) is 35.4 Å². The molecule has 0 saturated heterocycles. The van der Waals surface area contributed by atoms with E-state index in [1.54, 1.807) is 11.3 Å². The predicted molar refractivity (Wildman–Crippen MR) is 99.1 cm³/mol. The van der Waals surface area contributed by atoms with Gasteiger partial charge in [0.05, 0.1) is 0 Å². The van der Waals surface area contributed by atoms with E-state index in [1.165, 1.54) is 4.88 Å². The Hall–Kier alpha value is -2.64. The highest BCUT2D eigenvalue weighted by Gasteiger charge is 2.14. The van der Waals surface area contributed by atoms with Crippen molar-refractivity contribution in [1.82, 2.24) is 4.98 Å². The zero-order valence-electron chi connectivity index (χ0n) is 13.5. The highest BCUT2D eigenvalue weighted by molar-refractivity contribution is 7.15. The molecule has 3 nitrogen and oxygen atoms in total. The SMILES string of the molecule is CCCCc1ccc(-c2cc(-c3ccccc3)[nH]c(=O)c2C#N)s1. The summed E-state index contributed by atoms with van der Waals surface area (Å²) in [6.45, 7) is 2.17. The molecule has 0 radical (unpaired) electrons. The molecule has 0 aliphatic heterocycles. The van der Waals surface area contributed by atoms with Crippen LogP contribution in [0.3, 0.4) is 0 Å². The standard InChI is InChI=1S/C20H18N2OS/c1-2-3-9-15-10-11-19(24-15)16-12-18(14-7-5-4-6-8-14)22-20(23)17(16)13-21/h4-8,10-12H,2-3,9H2,1H3,(H,22,23). The fourth-order valence-corrected chi connectivity index (χ4v) is 3.72. The van der Waals surface area contributed by atoms with Gasteiger partial charge in [-0.15, -0.1) is 11.3 Å². The highest BCUT2D eigenvalue weighted by Crippen LogP contribution is 2.32. The van der Waals surface area contributed by atoms with Crippen LogP contribution in [0.15, 0.2) is 53.3 Å². The number of hydrogen-bond donors (Lipinski definition) is 1. The fourth-order valence-electron chi connectivity index (χ4n) is 2.65. The molecule has 24 heavy (non-hydrogen) atoms. The van der Waals surface area contributed by atoms with Crippen molar-refractivity contribution in [2.45, 2.75) is 26.2 Å². The Kier molecular flexibility index (Phi) is 4.93. The second-order valence-electron chi connectivity index (χ2n) is 5.65. The maximum atomic E-state index is 12.3. The third-order valence-electron chi connectivity index (χ3n) is 3.93. The van der Waals surface area contributed by atoms with Crippen LogP contribution in [-0.2, 0) is 6.42 Å². The van der Waals surface area contributed by atoms with Crippen molar-refractivity contribution in [1.29, 1.82) is 5.26 Å². The number of nitriles is 1. The van der Waals surface area contributed by atoms with E-state index < -0.39 is 0 Å². The lowest BCUT2D eigenvalue weighted by molar-refractivity contribution is 0.804. The van der Waals surface area contributed by atoms with Crippen LogP contribution in [0.4, 0.5) is 0 Å². The van der Waals surface area contributed by atoms with Crippen LogP contribution in [0.1, 0.15) is 30.2 Å². The van der Waals surface area contributed by atoms with Gasteiger partial charge in [0, 0.05) is 21.0 Å². The van der Waals surface area contributed by atoms with Crippen molar-refractivity contribution in [3.05, 3.63) is 69.3 Å². The summed E-state index contributed by atoms with van der Waals surface area (Å²) in [7, 11) is 0. The average Bonchev–Trinajstić information content (AvgIpc) is 3.09. The number of nitrogens with one attached hydrogen (secondary N) is 1. The molecule has 0 unspecified atom stereocenters. The second kappa shape index (κ2) is 7.29. The Morgan fingerprint density at radius 3 is 2.67 bits per heavy atom. The van der Waals surface area contributed by atoms with Gasteiger partial charge in [-0.1, -0.05) is 43.7 Å². The number of rotatable bonds is 5. The third-order valence-corrected chi connectivity index (χ3v) is 5.11. The molecule has 120 valence electrons. The summed E-state index contributed by atoms with van der Waals surface area (Å²) >= 11 is 1.66. The van der Waals surface area contributed by atoms with Crippen LogP contribution >= 0.6 is 11.3 Å². The van der Waals surface area contributed by atoms with Crippen LogP contribution in [0.25, 0.3) is 21.7 Å². The van der Waals surface area contributed by atoms with Crippen LogP contribution in [0.5, 0.6) is 0 Å². The Bertz CT molecular complexity index is 932. The van der Waals surface area contributed by atoms with E-state index in [-0.39, 0.29) is 11.1 Å². The summed E-state index contributed by atoms with van der Waals surface area (Å²) in [4.78, 5) is 17.4. The number of nitrogens with zero attached hydrogens (tertiary/aromatic N) is 1. The van der Waals surface area contributed by atoms with Crippen molar-refractivity contribution in [2.24, 2.45) is 0 Å². The maximum Gasteiger partial charge on any atom is 0.267 e. The van der Waals surface area contributed by atoms with Crippen LogP contribution in [0.2, 0.25) is 0 Å². The number of aromatic nitrogens is 1. The minimum absolute atomic E-state index is 0.179. The molecule has 0 aliphatic rings. The Labute approximate surface area is 145 Å². The van der Waals surface area contributed by atoms with Crippen molar-refractivity contribution >= 4 is 11.3 Å². The van der Waals surface area contributed by atoms with Gasteiger partial charge >= 0.3 is 0 Å². The lowest BCUT2D eigenvalue weighted by Gasteiger charge is -2.06. The van der Waals surface area contributed by atoms with Gasteiger partial charge in [0.15, 0.2) is 0 Å². The Morgan fingerprint density at radius 2 is 1.96 bits per heavy atom. The molecule has 0 fully saturated rings. The monoisotopic (exact) mass is 334 g/mol. The van der Waals surface area contributed by atoms with Gasteiger partial charge in [-0.05, 0) is 36.6 Å². The smallest absolute Gasteiger partial charge is 0.267 e. The average molecular weight is 334 g/mol. The number of aryl methyl sites for hydroxylation is 1. The van der Waals surface area contributed by atoms with E-state index in [0.29, 0.717) is 5.56 Å². The summed E-state index contributed by atoms with van der Waals surface area (Å²) in [5.74, 6) is 0. The van der Waals surface area contributed by atoms with Gasteiger partial charge in [-0.3, -0.25) is 4.79 Å². The van der Waals surface area contributed by atoms with Crippen molar-refractivity contribution in [2.75, 3.05) is 0 Å². The number of H-pyrrole nitrogens is 1. The van der Waals surface area contributed by atoms with Gasteiger partial charge in [-0.2, -0.15) is 5.26 Å². The van der Waals surface area contributed by atoms with E-state index >= 15 is 0 Å². The normalized spacial score (nSPS) is 10.5. The summed E-state index contributed by atoms with van der Waals surface area (Å²) in [5.41, 5.74) is 2.23. The summed E-state index contributed by atoms with van der Waals surface area (Å²) < 4.78 is 0. The van der Waals surface area contributed by atoms with Crippen LogP contribution in [0, 0.1) is 11.3 Å². The molecule has 2 aromatic heterocycles. The van der Waals surface area contributed by atoms with Crippen molar-refractivity contribution < 1.29 is 0 Å². The predicted octanol–water partition coefficient (Wildman–Crippen LogP) is 4.98. The molecular formula is C20H18N2OS. The van der Waals surface area contributed by atoms with E-state index in [2.05, 4.69) is 24.0 Å². The quantitative estimate of drug-likeness (QED) is 0.715. The minimum atomic E-state index is -0.336. The number of benzene rings is 1. The first-order valence-corrected chi connectivity index (χ1v) is 8.86. The van der Waals surface area contributed by atoms with E-state index in [9.17, 15) is 10.1 Å². The first kappa shape index (κ1) is 16.2. The largest absolute Gasteiger partial charge is 0.321 e. The van der Waals surface area contributed by atoms with Crippen molar-refractivity contribution in [3.8, 4) is 27.8 Å². The fraction of sp³-hybridized carbons (Fsp3) is 0.200. The van der Waals surface area contributed by atoms with Crippen LogP contribution in [-0.4, -0.2) is 4.98 Å². The summed E-state index contributed by atoms with van der Waals surface area (Å²) in [5, 5.41) is 9.40. The van der Waals surface area contributed by atoms with Crippen LogP contribution < -0.4 is 5.56 Å². The zero-order valence-corrected chi connectivity index (χ0v) is 14.3. The first-order valence-electron chi connectivity index (χ1n) is 8.05. The highest BCUT2D eigenvalue weighted by atomic mass is 32.1. The topological polar surface area (TPSA) is 56.6 Å². The molecule has 3 aromatic rings. The molecule has 4 heteroatoms. The molecule has 0 spiro atoms. The Morgan fingerprint density at radius 1 is 1.17 bits per heavy atom. The second-order valence-corrected chi connectivity index (χ2v) is 6.82. The molecule has 1 N–H and O–H groups in total. The van der Waals surface area contributed by atoms with Gasteiger partial charge < -0.3 is 4.98 Å². The third kappa shape index (κ3) is 3.32. The molecule has 2 heterocycles. The molecule has 0 amide bonds. The summed E-state index contributed by atoms with van der Waals surface area (Å²) in [6, 6.07) is 17.8. The van der Waals surface area contributed by atoms with E-state index in [1.807, 2.05) is 42.5 Å². The number of pyridine rings is 1. The van der Waals surface area contributed by atoms with Gasteiger partial charge in [0.1, 0.15) is 11.6 Å². The maximum absolute atomic E-state index is 12.3. The van der Waals surface area contributed by atoms with E-state index in [4.69, 9.17) is 0 Å². The molecule has 3 rings (SSSR count). The molecule has 0 bridgehead atoms. The first-order chi connectivity index (χ1) is 11.7.